The Bertz CT molecular complexity index is 953. The lowest BCUT2D eigenvalue weighted by Gasteiger charge is -2.53. The summed E-state index contributed by atoms with van der Waals surface area (Å²) < 4.78 is 0. The molecule has 0 bridgehead atoms. The fourth-order valence-corrected chi connectivity index (χ4v) is 7.75. The first-order valence-electron chi connectivity index (χ1n) is 12.5. The van der Waals surface area contributed by atoms with Crippen molar-refractivity contribution >= 4 is 34.9 Å². The second-order valence-corrected chi connectivity index (χ2v) is 12.0. The molecule has 0 spiro atoms. The third-order valence-electron chi connectivity index (χ3n) is 8.76. The lowest BCUT2D eigenvalue weighted by molar-refractivity contribution is -0.156. The zero-order valence-electron chi connectivity index (χ0n) is 20.3. The molecule has 0 saturated heterocycles. The molecule has 2 saturated carbocycles. The lowest BCUT2D eigenvalue weighted by Crippen LogP contribution is -2.53. The minimum absolute atomic E-state index is 0.0992. The standard InChI is InChI=1S/C27H37Cl2NO3/c1-16(2)22-19(28)13-18-23(24(22)29)20(30-33-15-17-9-6-5-7-10-17)14-21-26(18,3)11-8-12-27(21,4)25(31)32/h13,16-17,21H,5-12,14-15H2,1-4H3,(H,31,32)/b30-20+/t21-,26-,27-/m1/s1. The molecule has 3 aliphatic carbocycles. The van der Waals surface area contributed by atoms with Gasteiger partial charge in [0.25, 0.3) is 0 Å². The molecule has 0 aromatic heterocycles. The molecule has 4 nitrogen and oxygen atoms in total. The molecule has 1 aromatic rings. The van der Waals surface area contributed by atoms with Crippen molar-refractivity contribution in [1.29, 1.82) is 0 Å². The number of hydrogen-bond acceptors (Lipinski definition) is 3. The van der Waals surface area contributed by atoms with Crippen LogP contribution in [0.1, 0.15) is 108 Å². The maximum atomic E-state index is 12.5. The van der Waals surface area contributed by atoms with Gasteiger partial charge in [0, 0.05) is 10.6 Å². The number of aliphatic carboxylic acids is 1. The molecule has 0 heterocycles. The maximum absolute atomic E-state index is 12.5. The van der Waals surface area contributed by atoms with Crippen LogP contribution in [0.5, 0.6) is 0 Å². The van der Waals surface area contributed by atoms with Gasteiger partial charge in [-0.1, -0.05) is 74.8 Å². The Labute approximate surface area is 208 Å². The Morgan fingerprint density at radius 2 is 1.88 bits per heavy atom. The second-order valence-electron chi connectivity index (χ2n) is 11.3. The summed E-state index contributed by atoms with van der Waals surface area (Å²) in [4.78, 5) is 18.4. The molecule has 4 rings (SSSR count). The summed E-state index contributed by atoms with van der Waals surface area (Å²) >= 11 is 13.8. The number of rotatable bonds is 5. The van der Waals surface area contributed by atoms with E-state index in [1.807, 2.05) is 13.0 Å². The SMILES string of the molecule is CC(C)c1c(Cl)cc2c(c1Cl)/C(=N/OCC1CCCCC1)C[C@H]1[C@](C)(C(=O)O)CCC[C@]21C. The summed E-state index contributed by atoms with van der Waals surface area (Å²) in [6.07, 6.45) is 9.19. The van der Waals surface area contributed by atoms with E-state index in [4.69, 9.17) is 28.0 Å². The number of hydrogen-bond donors (Lipinski definition) is 1. The quantitative estimate of drug-likeness (QED) is 0.422. The van der Waals surface area contributed by atoms with Crippen molar-refractivity contribution in [2.75, 3.05) is 6.61 Å². The summed E-state index contributed by atoms with van der Waals surface area (Å²) in [6, 6.07) is 2.04. The molecule has 33 heavy (non-hydrogen) atoms. The Morgan fingerprint density at radius 3 is 2.52 bits per heavy atom. The van der Waals surface area contributed by atoms with Crippen LogP contribution in [-0.4, -0.2) is 23.4 Å². The van der Waals surface area contributed by atoms with Crippen LogP contribution in [0.15, 0.2) is 11.2 Å². The van der Waals surface area contributed by atoms with Gasteiger partial charge in [-0.25, -0.2) is 0 Å². The van der Waals surface area contributed by atoms with Gasteiger partial charge in [-0.15, -0.1) is 0 Å². The predicted octanol–water partition coefficient (Wildman–Crippen LogP) is 7.97. The van der Waals surface area contributed by atoms with Gasteiger partial charge < -0.3 is 9.94 Å². The number of carboxylic acids is 1. The number of halogens is 2. The highest BCUT2D eigenvalue weighted by atomic mass is 35.5. The summed E-state index contributed by atoms with van der Waals surface area (Å²) in [5, 5.41) is 16.2. The largest absolute Gasteiger partial charge is 0.481 e. The third-order valence-corrected chi connectivity index (χ3v) is 9.47. The molecule has 0 aliphatic heterocycles. The number of nitrogens with zero attached hydrogens (tertiary/aromatic N) is 1. The molecule has 0 amide bonds. The first-order chi connectivity index (χ1) is 15.6. The number of fused-ring (bicyclic) bond motifs is 3. The Morgan fingerprint density at radius 1 is 1.18 bits per heavy atom. The van der Waals surface area contributed by atoms with Gasteiger partial charge >= 0.3 is 5.97 Å². The first-order valence-corrected chi connectivity index (χ1v) is 13.3. The van der Waals surface area contributed by atoms with E-state index in [0.717, 1.165) is 35.2 Å². The van der Waals surface area contributed by atoms with E-state index in [-0.39, 0.29) is 17.3 Å². The van der Waals surface area contributed by atoms with Crippen LogP contribution in [0.4, 0.5) is 0 Å². The van der Waals surface area contributed by atoms with Gasteiger partial charge in [0.05, 0.1) is 16.1 Å². The van der Waals surface area contributed by atoms with Gasteiger partial charge in [0.1, 0.15) is 6.61 Å². The van der Waals surface area contributed by atoms with Crippen molar-refractivity contribution in [3.05, 3.63) is 32.8 Å². The third kappa shape index (κ3) is 4.31. The van der Waals surface area contributed by atoms with E-state index >= 15 is 0 Å². The number of carboxylic acid groups (broad SMARTS) is 1. The van der Waals surface area contributed by atoms with Crippen LogP contribution in [0.3, 0.4) is 0 Å². The second kappa shape index (κ2) is 9.41. The van der Waals surface area contributed by atoms with Gasteiger partial charge in [-0.05, 0) is 79.4 Å². The van der Waals surface area contributed by atoms with Crippen molar-refractivity contribution in [2.45, 2.75) is 96.8 Å². The molecule has 3 atom stereocenters. The van der Waals surface area contributed by atoms with Gasteiger partial charge in [0.15, 0.2) is 0 Å². The molecule has 1 N–H and O–H groups in total. The van der Waals surface area contributed by atoms with E-state index in [0.29, 0.717) is 35.4 Å². The highest BCUT2D eigenvalue weighted by molar-refractivity contribution is 6.39. The zero-order valence-corrected chi connectivity index (χ0v) is 21.9. The minimum Gasteiger partial charge on any atom is -0.481 e. The average molecular weight is 495 g/mol. The minimum atomic E-state index is -0.829. The van der Waals surface area contributed by atoms with Crippen LogP contribution in [0, 0.1) is 17.3 Å². The van der Waals surface area contributed by atoms with Crippen molar-refractivity contribution in [2.24, 2.45) is 22.4 Å². The Hall–Kier alpha value is -1.26. The first kappa shape index (κ1) is 24.9. The number of benzene rings is 1. The summed E-state index contributed by atoms with van der Waals surface area (Å²) in [7, 11) is 0. The van der Waals surface area contributed by atoms with Crippen LogP contribution in [0.25, 0.3) is 0 Å². The van der Waals surface area contributed by atoms with Crippen LogP contribution < -0.4 is 0 Å². The molecule has 0 radical (unpaired) electrons. The fraction of sp³-hybridized carbons (Fsp3) is 0.704. The van der Waals surface area contributed by atoms with Crippen LogP contribution in [-0.2, 0) is 15.0 Å². The molecule has 1 aromatic carbocycles. The highest BCUT2D eigenvalue weighted by Crippen LogP contribution is 2.59. The van der Waals surface area contributed by atoms with Gasteiger partial charge in [0.2, 0.25) is 0 Å². The number of carbonyl (C=O) groups is 1. The van der Waals surface area contributed by atoms with E-state index in [9.17, 15) is 9.90 Å². The van der Waals surface area contributed by atoms with Crippen molar-refractivity contribution in [3.63, 3.8) is 0 Å². The van der Waals surface area contributed by atoms with Crippen molar-refractivity contribution < 1.29 is 14.7 Å². The topological polar surface area (TPSA) is 58.9 Å². The summed E-state index contributed by atoms with van der Waals surface area (Å²) in [5.74, 6) is -0.124. The average Bonchev–Trinajstić information content (AvgIpc) is 2.75. The predicted molar refractivity (Wildman–Crippen MR) is 135 cm³/mol. The van der Waals surface area contributed by atoms with Crippen molar-refractivity contribution in [1.82, 2.24) is 0 Å². The van der Waals surface area contributed by atoms with Crippen LogP contribution >= 0.6 is 23.2 Å². The molecule has 2 fully saturated rings. The Kier molecular flexibility index (Phi) is 7.09. The summed E-state index contributed by atoms with van der Waals surface area (Å²) in [6.45, 7) is 8.88. The molecular weight excluding hydrogens is 457 g/mol. The van der Waals surface area contributed by atoms with E-state index < -0.39 is 11.4 Å². The van der Waals surface area contributed by atoms with Gasteiger partial charge in [-0.2, -0.15) is 0 Å². The fourth-order valence-electron chi connectivity index (χ4n) is 6.75. The lowest BCUT2D eigenvalue weighted by atomic mass is 9.49. The smallest absolute Gasteiger partial charge is 0.309 e. The van der Waals surface area contributed by atoms with E-state index in [1.165, 1.54) is 32.1 Å². The molecular formula is C27H37Cl2NO3. The van der Waals surface area contributed by atoms with Gasteiger partial charge in [-0.3, -0.25) is 4.79 Å². The molecule has 182 valence electrons. The Balaban J connectivity index is 1.81. The van der Waals surface area contributed by atoms with Crippen LogP contribution in [0.2, 0.25) is 10.0 Å². The monoisotopic (exact) mass is 493 g/mol. The zero-order chi connectivity index (χ0) is 24.0. The summed E-state index contributed by atoms with van der Waals surface area (Å²) in [5.41, 5.74) is 2.50. The molecule has 6 heteroatoms. The maximum Gasteiger partial charge on any atom is 0.309 e. The highest BCUT2D eigenvalue weighted by Gasteiger charge is 2.57. The molecule has 0 unspecified atom stereocenters. The van der Waals surface area contributed by atoms with E-state index in [1.54, 1.807) is 0 Å². The number of oxime groups is 1. The van der Waals surface area contributed by atoms with Crippen molar-refractivity contribution in [3.8, 4) is 0 Å². The normalized spacial score (nSPS) is 31.4. The molecule has 3 aliphatic rings. The van der Waals surface area contributed by atoms with E-state index in [2.05, 4.69) is 25.9 Å².